The highest BCUT2D eigenvalue weighted by Gasteiger charge is 2.48. The van der Waals surface area contributed by atoms with Crippen molar-refractivity contribution >= 4 is 65.1 Å². The van der Waals surface area contributed by atoms with Crippen LogP contribution in [0, 0.1) is 5.92 Å². The molecule has 1 aromatic rings. The minimum atomic E-state index is -1.61. The molecule has 5 fully saturated rings. The number of nitrogens with one attached hydrogen (secondary N) is 7. The minimum absolute atomic E-state index is 0.0557. The SMILES string of the molecule is CC(C)C[C@H](NC(=O)[C@H](CO)NC(=O)[C@H](Cc1cnc[nH]1)NC(=O)[C@H](CCCN=C(N)N)NC(=O)[C@H](C)NC(=O)[C@@H]1CCCN1C(=O)[C@@H]1CCCN1C(=O)[C@@H]1CCCN1C(=O)[C@@H]1CCCN1C(=O)[C@@H]1CCCN1)C(=O)O. The number of hydrogen-bond donors (Lipinski definition) is 11. The second-order valence-electron chi connectivity index (χ2n) is 20.8. The molecule has 5 aliphatic heterocycles. The highest BCUT2D eigenvalue weighted by atomic mass is 16.4. The zero-order valence-electron chi connectivity index (χ0n) is 43.7. The molecule has 0 bridgehead atoms. The summed E-state index contributed by atoms with van der Waals surface area (Å²) in [5, 5.41) is 35.6. The molecule has 0 unspecified atom stereocenters. The van der Waals surface area contributed by atoms with Crippen molar-refractivity contribution < 1.29 is 58.2 Å². The molecule has 6 rings (SSSR count). The van der Waals surface area contributed by atoms with Gasteiger partial charge in [0.2, 0.25) is 53.2 Å². The smallest absolute Gasteiger partial charge is 0.326 e. The summed E-state index contributed by atoms with van der Waals surface area (Å²) in [7, 11) is 0. The van der Waals surface area contributed by atoms with Gasteiger partial charge in [0, 0.05) is 51.0 Å². The van der Waals surface area contributed by atoms with E-state index in [1.54, 1.807) is 23.6 Å². The number of amides is 9. The number of carbonyl (C=O) groups is 10. The molecular weight excluding hydrogens is 991 g/mol. The third-order valence-corrected chi connectivity index (χ3v) is 14.7. The average molecular weight is 1070 g/mol. The van der Waals surface area contributed by atoms with Crippen molar-refractivity contribution in [2.75, 3.05) is 45.9 Å². The van der Waals surface area contributed by atoms with Gasteiger partial charge in [-0.3, -0.25) is 48.1 Å². The number of aliphatic hydroxyl groups is 1. The van der Waals surface area contributed by atoms with Gasteiger partial charge in [-0.1, -0.05) is 13.8 Å². The van der Waals surface area contributed by atoms with Gasteiger partial charge in [-0.05, 0) is 103 Å². The van der Waals surface area contributed by atoms with E-state index in [9.17, 15) is 58.2 Å². The number of aliphatic carboxylic acids is 1. The molecule has 0 aromatic carbocycles. The number of hydrogen-bond acceptors (Lipinski definition) is 14. The van der Waals surface area contributed by atoms with Crippen LogP contribution < -0.4 is 43.4 Å². The lowest BCUT2D eigenvalue weighted by Crippen LogP contribution is -2.60. The Balaban J connectivity index is 1.08. The number of carboxylic acids is 1. The van der Waals surface area contributed by atoms with Crippen LogP contribution in [0.3, 0.4) is 0 Å². The van der Waals surface area contributed by atoms with Crippen LogP contribution in [0.15, 0.2) is 17.5 Å². The molecule has 13 N–H and O–H groups in total. The molecule has 27 nitrogen and oxygen atoms in total. The van der Waals surface area contributed by atoms with Crippen molar-refractivity contribution in [3.8, 4) is 0 Å². The molecule has 0 saturated carbocycles. The maximum Gasteiger partial charge on any atom is 0.326 e. The number of imidazole rings is 1. The monoisotopic (exact) mass is 1070 g/mol. The first-order chi connectivity index (χ1) is 36.3. The van der Waals surface area contributed by atoms with E-state index in [2.05, 4.69) is 46.9 Å². The van der Waals surface area contributed by atoms with E-state index in [1.807, 2.05) is 0 Å². The van der Waals surface area contributed by atoms with Crippen molar-refractivity contribution in [2.24, 2.45) is 22.4 Å². The largest absolute Gasteiger partial charge is 0.480 e. The summed E-state index contributed by atoms with van der Waals surface area (Å²) >= 11 is 0. The van der Waals surface area contributed by atoms with Crippen LogP contribution in [-0.4, -0.2) is 211 Å². The van der Waals surface area contributed by atoms with E-state index in [0.717, 1.165) is 13.0 Å². The second-order valence-corrected chi connectivity index (χ2v) is 20.8. The van der Waals surface area contributed by atoms with Crippen LogP contribution in [0.1, 0.15) is 110 Å². The highest BCUT2D eigenvalue weighted by Crippen LogP contribution is 2.31. The minimum Gasteiger partial charge on any atom is -0.480 e. The van der Waals surface area contributed by atoms with Crippen molar-refractivity contribution in [1.29, 1.82) is 0 Å². The fraction of sp³-hybridized carbons (Fsp3) is 0.714. The molecule has 5 saturated heterocycles. The third kappa shape index (κ3) is 14.9. The van der Waals surface area contributed by atoms with Crippen LogP contribution >= 0.6 is 0 Å². The summed E-state index contributed by atoms with van der Waals surface area (Å²) < 4.78 is 0. The van der Waals surface area contributed by atoms with Crippen LogP contribution in [0.2, 0.25) is 0 Å². The first-order valence-corrected chi connectivity index (χ1v) is 26.6. The van der Waals surface area contributed by atoms with Gasteiger partial charge in [0.15, 0.2) is 5.96 Å². The number of likely N-dealkylation sites (tertiary alicyclic amines) is 4. The number of carboxylic acid groups (broad SMARTS) is 1. The lowest BCUT2D eigenvalue weighted by molar-refractivity contribution is -0.152. The van der Waals surface area contributed by atoms with Crippen LogP contribution in [0.25, 0.3) is 0 Å². The van der Waals surface area contributed by atoms with Gasteiger partial charge in [-0.2, -0.15) is 0 Å². The molecule has 10 atom stereocenters. The molecule has 9 amide bonds. The third-order valence-electron chi connectivity index (χ3n) is 14.7. The molecule has 1 aromatic heterocycles. The topological polar surface area (TPSA) is 389 Å². The fourth-order valence-corrected chi connectivity index (χ4v) is 10.8. The highest BCUT2D eigenvalue weighted by molar-refractivity contribution is 5.99. The van der Waals surface area contributed by atoms with Gasteiger partial charge in [0.05, 0.1) is 19.0 Å². The van der Waals surface area contributed by atoms with Gasteiger partial charge >= 0.3 is 5.97 Å². The first-order valence-electron chi connectivity index (χ1n) is 26.6. The van der Waals surface area contributed by atoms with Gasteiger partial charge in [-0.15, -0.1) is 0 Å². The lowest BCUT2D eigenvalue weighted by Gasteiger charge is -2.36. The Morgan fingerprint density at radius 2 is 1.16 bits per heavy atom. The summed E-state index contributed by atoms with van der Waals surface area (Å²) in [4.78, 5) is 154. The molecule has 420 valence electrons. The quantitative estimate of drug-likeness (QED) is 0.0270. The lowest BCUT2D eigenvalue weighted by atomic mass is 10.0. The van der Waals surface area contributed by atoms with Crippen LogP contribution in [-0.2, 0) is 54.4 Å². The molecule has 0 radical (unpaired) electrons. The van der Waals surface area contributed by atoms with Gasteiger partial charge in [0.25, 0.3) is 0 Å². The number of nitrogens with zero attached hydrogens (tertiary/aromatic N) is 6. The van der Waals surface area contributed by atoms with E-state index >= 15 is 0 Å². The summed E-state index contributed by atoms with van der Waals surface area (Å²) in [5.74, 6) is -6.93. The molecular formula is C49H77N15O12. The standard InChI is InChI=1S/C49H77N15O12/c1-27(2)22-33(48(75)76)59-42(69)34(25-65)60-41(68)32(23-29-24-52-26-55-29)58-40(67)30(10-4-17-54-49(50)51)57-39(66)28(3)56-43(70)35-12-6-18-61(35)45(72)37-14-8-20-63(37)47(74)38-15-9-21-64(38)46(73)36-13-7-19-62(36)44(71)31-11-5-16-53-31/h24,26-28,30-38,53,65H,4-23,25H2,1-3H3,(H,52,55)(H,56,70)(H,57,66)(H,58,67)(H,59,69)(H,60,68)(H,75,76)(H4,50,51,54)/t28-,30-,31-,32-,33-,34-,35-,36-,37-,38-/m0/s1. The first kappa shape index (κ1) is 58.4. The van der Waals surface area contributed by atoms with Crippen molar-refractivity contribution in [2.45, 2.75) is 171 Å². The summed E-state index contributed by atoms with van der Waals surface area (Å²) in [6.45, 7) is 6.15. The van der Waals surface area contributed by atoms with Gasteiger partial charge in [-0.25, -0.2) is 9.78 Å². The number of aliphatic hydroxyl groups excluding tert-OH is 1. The van der Waals surface area contributed by atoms with Gasteiger partial charge < -0.3 is 78.2 Å². The van der Waals surface area contributed by atoms with Crippen LogP contribution in [0.4, 0.5) is 0 Å². The Morgan fingerprint density at radius 3 is 1.66 bits per heavy atom. The number of aromatic amines is 1. The van der Waals surface area contributed by atoms with E-state index in [0.29, 0.717) is 76.7 Å². The predicted octanol–water partition coefficient (Wildman–Crippen LogP) is -3.71. The van der Waals surface area contributed by atoms with Gasteiger partial charge in [0.1, 0.15) is 54.4 Å². The fourth-order valence-electron chi connectivity index (χ4n) is 10.8. The van der Waals surface area contributed by atoms with E-state index in [1.165, 1.54) is 29.2 Å². The average Bonchev–Trinajstić information content (AvgIpc) is 4.26. The zero-order chi connectivity index (χ0) is 55.2. The summed E-state index contributed by atoms with van der Waals surface area (Å²) in [6, 6.07) is -10.6. The van der Waals surface area contributed by atoms with E-state index < -0.39 is 102 Å². The normalized spacial score (nSPS) is 23.3. The Labute approximate surface area is 441 Å². The van der Waals surface area contributed by atoms with Crippen LogP contribution in [0.5, 0.6) is 0 Å². The Hall–Kier alpha value is -6.90. The Kier molecular flexibility index (Phi) is 20.9. The molecule has 0 aliphatic carbocycles. The van der Waals surface area contributed by atoms with E-state index in [4.69, 9.17) is 11.5 Å². The van der Waals surface area contributed by atoms with E-state index in [-0.39, 0.29) is 80.8 Å². The molecule has 5 aliphatic rings. The van der Waals surface area contributed by atoms with Crippen molar-refractivity contribution in [3.05, 3.63) is 18.2 Å². The number of H-pyrrole nitrogens is 1. The predicted molar refractivity (Wildman–Crippen MR) is 272 cm³/mol. The zero-order valence-corrected chi connectivity index (χ0v) is 43.7. The Morgan fingerprint density at radius 1 is 0.658 bits per heavy atom. The molecule has 0 spiro atoms. The summed E-state index contributed by atoms with van der Waals surface area (Å²) in [6.07, 6.45) is 8.15. The maximum atomic E-state index is 14.4. The molecule has 6 heterocycles. The maximum absolute atomic E-state index is 14.4. The number of nitrogens with two attached hydrogens (primary N) is 2. The summed E-state index contributed by atoms with van der Waals surface area (Å²) in [5.41, 5.74) is 11.4. The number of aromatic nitrogens is 2. The molecule has 27 heteroatoms. The van der Waals surface area contributed by atoms with Crippen molar-refractivity contribution in [1.82, 2.24) is 61.5 Å². The molecule has 76 heavy (non-hydrogen) atoms. The number of carbonyl (C=O) groups excluding carboxylic acids is 9. The number of aliphatic imine (C=N–C) groups is 1. The number of rotatable bonds is 24. The van der Waals surface area contributed by atoms with Crippen molar-refractivity contribution in [3.63, 3.8) is 0 Å². The second kappa shape index (κ2) is 27.2. The Bertz CT molecular complexity index is 2290. The number of guanidine groups is 1.